The van der Waals surface area contributed by atoms with E-state index in [-0.39, 0.29) is 73.6 Å². The van der Waals surface area contributed by atoms with Crippen LogP contribution in [0.4, 0.5) is 9.59 Å². The number of amides is 2. The van der Waals surface area contributed by atoms with Gasteiger partial charge in [0.2, 0.25) is 0 Å². The van der Waals surface area contributed by atoms with Crippen molar-refractivity contribution in [2.45, 2.75) is 90.8 Å². The van der Waals surface area contributed by atoms with Gasteiger partial charge in [-0.15, -0.1) is 0 Å². The van der Waals surface area contributed by atoms with Crippen molar-refractivity contribution in [3.05, 3.63) is 70.8 Å². The topological polar surface area (TPSA) is 172 Å². The van der Waals surface area contributed by atoms with E-state index in [0.717, 1.165) is 22.3 Å². The maximum Gasteiger partial charge on any atom is 1.00 e. The number of ether oxygens (including phenoxy) is 3. The fourth-order valence-electron chi connectivity index (χ4n) is 4.64. The number of nitrogens with zero attached hydrogens (tertiary/aromatic N) is 2. The average Bonchev–Trinajstić information content (AvgIpc) is 2.98. The zero-order chi connectivity index (χ0) is 33.9. The van der Waals surface area contributed by atoms with Crippen LogP contribution in [0.15, 0.2) is 48.5 Å². The predicted molar refractivity (Wildman–Crippen MR) is 159 cm³/mol. The molecule has 248 valence electrons. The van der Waals surface area contributed by atoms with Gasteiger partial charge in [0.05, 0.1) is 20.2 Å². The Bertz CT molecular complexity index is 1370. The van der Waals surface area contributed by atoms with Gasteiger partial charge in [-0.05, 0) is 63.8 Å². The molecule has 0 bridgehead atoms. The third kappa shape index (κ3) is 14.2. The van der Waals surface area contributed by atoms with Crippen molar-refractivity contribution in [3.63, 3.8) is 0 Å². The standard InChI is InChI=1S/C16H21NO4.C15H19NO4.CH2O3.2Na.H/c1-16(2,3)21-15(19)17-10-12-8-6-5-7-11(12)9-13(17)14(18)20-4;1-15(2,3)20-14(19)16-9-11-7-5-4-6-10(11)8-12(16)13(17)18;2-1-4-3;;;/h5-8,13H,9-10H2,1-4H3;4-7,12H,8-9H2,1-3H3,(H,17,18);1,3H;;;/q;;;2*+1;-1/p-1/t13-;12-;;;;/m00..../s1. The Hall–Kier alpha value is -2.65. The Morgan fingerprint density at radius 3 is 1.43 bits per heavy atom. The number of benzene rings is 2. The molecule has 0 radical (unpaired) electrons. The van der Waals surface area contributed by atoms with Gasteiger partial charge in [0.25, 0.3) is 6.47 Å². The molecular weight excluding hydrogens is 634 g/mol. The Kier molecular flexibility index (Phi) is 18.9. The molecule has 1 N–H and O–H groups in total. The molecule has 2 aliphatic rings. The van der Waals surface area contributed by atoms with Crippen molar-refractivity contribution in [1.29, 1.82) is 0 Å². The summed E-state index contributed by atoms with van der Waals surface area (Å²) in [7, 11) is 1.33. The van der Waals surface area contributed by atoms with Gasteiger partial charge in [-0.1, -0.05) is 48.5 Å². The molecule has 0 aromatic heterocycles. The summed E-state index contributed by atoms with van der Waals surface area (Å²) in [6.07, 6.45) is -0.320. The van der Waals surface area contributed by atoms with E-state index in [0.29, 0.717) is 19.4 Å². The maximum absolute atomic E-state index is 12.4. The van der Waals surface area contributed by atoms with E-state index < -0.39 is 47.4 Å². The number of methoxy groups -OCH3 is 1. The Morgan fingerprint density at radius 1 is 0.766 bits per heavy atom. The number of aliphatic carboxylic acids is 1. The SMILES string of the molecule is CC(C)(C)OC(=O)N1Cc2ccccc2C[C@H]1C(=O)O.COC(=O)[C@@H]1Cc2ccccc2CN1C(=O)OC(C)(C)C.O=CO[O-].[H-].[Na+].[Na+]. The van der Waals surface area contributed by atoms with Crippen LogP contribution in [0.2, 0.25) is 0 Å². The van der Waals surface area contributed by atoms with Crippen molar-refractivity contribution >= 4 is 30.6 Å². The summed E-state index contributed by atoms with van der Waals surface area (Å²) < 4.78 is 15.5. The van der Waals surface area contributed by atoms with E-state index in [4.69, 9.17) is 24.3 Å². The Labute approximate surface area is 320 Å². The third-order valence-corrected chi connectivity index (χ3v) is 6.55. The van der Waals surface area contributed by atoms with Gasteiger partial charge < -0.3 is 30.9 Å². The van der Waals surface area contributed by atoms with E-state index in [1.165, 1.54) is 16.9 Å². The predicted octanol–water partition coefficient (Wildman–Crippen LogP) is -2.49. The first kappa shape index (κ1) is 44.4. The van der Waals surface area contributed by atoms with Crippen molar-refractivity contribution in [3.8, 4) is 0 Å². The molecule has 2 aromatic rings. The second kappa shape index (κ2) is 20.0. The molecule has 47 heavy (non-hydrogen) atoms. The molecule has 0 saturated heterocycles. The Morgan fingerprint density at radius 2 is 1.11 bits per heavy atom. The molecule has 0 fully saturated rings. The minimum atomic E-state index is -1.01. The van der Waals surface area contributed by atoms with Crippen LogP contribution < -0.4 is 64.4 Å². The number of rotatable bonds is 3. The fourth-order valence-corrected chi connectivity index (χ4v) is 4.64. The summed E-state index contributed by atoms with van der Waals surface area (Å²) in [5.41, 5.74) is 2.79. The summed E-state index contributed by atoms with van der Waals surface area (Å²) in [6.45, 7) is 11.1. The van der Waals surface area contributed by atoms with E-state index in [9.17, 15) is 24.3 Å². The Balaban J connectivity index is 0. The second-order valence-electron chi connectivity index (χ2n) is 12.2. The first-order chi connectivity index (χ1) is 21.0. The van der Waals surface area contributed by atoms with Crippen molar-refractivity contribution in [2.24, 2.45) is 0 Å². The molecular formula is C32H42N2Na2O11. The molecule has 0 saturated carbocycles. The minimum absolute atomic E-state index is 0. The molecule has 4 rings (SSSR count). The maximum atomic E-state index is 12.4. The molecule has 2 amide bonds. The molecule has 13 nitrogen and oxygen atoms in total. The number of fused-ring (bicyclic) bond motifs is 2. The zero-order valence-corrected chi connectivity index (χ0v) is 32.6. The van der Waals surface area contributed by atoms with Crippen LogP contribution in [-0.2, 0) is 59.4 Å². The van der Waals surface area contributed by atoms with Gasteiger partial charge in [0, 0.05) is 12.8 Å². The van der Waals surface area contributed by atoms with Gasteiger partial charge in [0.15, 0.2) is 0 Å². The van der Waals surface area contributed by atoms with E-state index in [1.54, 1.807) is 41.5 Å². The van der Waals surface area contributed by atoms with Crippen LogP contribution >= 0.6 is 0 Å². The van der Waals surface area contributed by atoms with Crippen LogP contribution in [0, 0.1) is 0 Å². The normalized spacial score (nSPS) is 16.3. The first-order valence-electron chi connectivity index (χ1n) is 14.2. The number of carbonyl (C=O) groups excluding carboxylic acids is 4. The smallest absolute Gasteiger partial charge is 1.00 e. The summed E-state index contributed by atoms with van der Waals surface area (Å²) >= 11 is 0. The number of hydrogen-bond donors (Lipinski definition) is 1. The third-order valence-electron chi connectivity index (χ3n) is 6.55. The molecule has 2 aromatic carbocycles. The molecule has 0 spiro atoms. The number of esters is 1. The van der Waals surface area contributed by atoms with Gasteiger partial charge in [0.1, 0.15) is 23.3 Å². The summed E-state index contributed by atoms with van der Waals surface area (Å²) in [4.78, 5) is 61.9. The zero-order valence-electron chi connectivity index (χ0n) is 29.6. The van der Waals surface area contributed by atoms with Crippen LogP contribution in [0.3, 0.4) is 0 Å². The monoisotopic (exact) mass is 676 g/mol. The second-order valence-corrected chi connectivity index (χ2v) is 12.2. The molecule has 15 heteroatoms. The van der Waals surface area contributed by atoms with Gasteiger partial charge in [-0.2, -0.15) is 0 Å². The van der Waals surface area contributed by atoms with Crippen LogP contribution in [0.25, 0.3) is 0 Å². The van der Waals surface area contributed by atoms with Crippen LogP contribution in [0.5, 0.6) is 0 Å². The number of carboxylic acids is 1. The summed E-state index contributed by atoms with van der Waals surface area (Å²) in [6, 6.07) is 13.8. The van der Waals surface area contributed by atoms with Crippen LogP contribution in [-0.4, -0.2) is 75.9 Å². The quantitative estimate of drug-likeness (QED) is 0.0911. The molecule has 2 heterocycles. The average molecular weight is 677 g/mol. The van der Waals surface area contributed by atoms with Crippen molar-refractivity contribution < 1.29 is 114 Å². The van der Waals surface area contributed by atoms with Crippen molar-refractivity contribution in [1.82, 2.24) is 9.80 Å². The van der Waals surface area contributed by atoms with Crippen molar-refractivity contribution in [2.75, 3.05) is 7.11 Å². The molecule has 2 aliphatic heterocycles. The fraction of sp³-hybridized carbons (Fsp3) is 0.469. The molecule has 2 atom stereocenters. The minimum Gasteiger partial charge on any atom is -1.00 e. The van der Waals surface area contributed by atoms with Gasteiger partial charge in [-0.25, -0.2) is 19.2 Å². The number of carbonyl (C=O) groups is 5. The number of carboxylic acid groups (broad SMARTS) is 1. The van der Waals surface area contributed by atoms with Gasteiger partial charge in [-0.3, -0.25) is 14.6 Å². The van der Waals surface area contributed by atoms with Crippen LogP contribution in [0.1, 0.15) is 65.2 Å². The first-order valence-corrected chi connectivity index (χ1v) is 14.2. The van der Waals surface area contributed by atoms with E-state index in [1.807, 2.05) is 48.5 Å². The van der Waals surface area contributed by atoms with E-state index >= 15 is 0 Å². The summed E-state index contributed by atoms with van der Waals surface area (Å²) in [5, 5.41) is 17.8. The van der Waals surface area contributed by atoms with E-state index in [2.05, 4.69) is 4.89 Å². The largest absolute Gasteiger partial charge is 1.00 e. The summed E-state index contributed by atoms with van der Waals surface area (Å²) in [5.74, 6) is -1.43. The molecule has 0 aliphatic carbocycles. The number of hydrogen-bond acceptors (Lipinski definition) is 10. The van der Waals surface area contributed by atoms with Gasteiger partial charge >= 0.3 is 83.2 Å². The molecule has 0 unspecified atom stereocenters.